The average molecular weight is 295 g/mol. The molecule has 0 saturated carbocycles. The summed E-state index contributed by atoms with van der Waals surface area (Å²) in [4.78, 5) is 2.48. The number of nitrogens with one attached hydrogen (secondary N) is 1. The summed E-state index contributed by atoms with van der Waals surface area (Å²) in [6.07, 6.45) is 3.96. The zero-order valence-electron chi connectivity index (χ0n) is 13.0. The molecule has 1 aromatic rings. The highest BCUT2D eigenvalue weighted by Crippen LogP contribution is 2.29. The van der Waals surface area contributed by atoms with Gasteiger partial charge in [-0.1, -0.05) is 44.9 Å². The third-order valence-electron chi connectivity index (χ3n) is 4.09. The van der Waals surface area contributed by atoms with Gasteiger partial charge in [-0.3, -0.25) is 0 Å². The number of hydrogen-bond acceptors (Lipinski definition) is 2. The third kappa shape index (κ3) is 4.13. The van der Waals surface area contributed by atoms with Crippen molar-refractivity contribution in [2.24, 2.45) is 5.92 Å². The second-order valence-electron chi connectivity index (χ2n) is 6.20. The number of benzene rings is 1. The van der Waals surface area contributed by atoms with Gasteiger partial charge in [-0.2, -0.15) is 0 Å². The van der Waals surface area contributed by atoms with Gasteiger partial charge in [0, 0.05) is 36.4 Å². The van der Waals surface area contributed by atoms with Gasteiger partial charge in [0.05, 0.1) is 0 Å². The normalized spacial score (nSPS) is 19.1. The fourth-order valence-electron chi connectivity index (χ4n) is 2.90. The highest BCUT2D eigenvalue weighted by Gasteiger charge is 2.22. The summed E-state index contributed by atoms with van der Waals surface area (Å²) < 4.78 is 0. The van der Waals surface area contributed by atoms with Gasteiger partial charge in [0.1, 0.15) is 0 Å². The predicted molar refractivity (Wildman–Crippen MR) is 88.7 cm³/mol. The molecule has 0 aliphatic carbocycles. The fourth-order valence-corrected chi connectivity index (χ4v) is 3.14. The van der Waals surface area contributed by atoms with E-state index in [1.54, 1.807) is 0 Å². The molecule has 1 heterocycles. The first-order valence-electron chi connectivity index (χ1n) is 7.87. The van der Waals surface area contributed by atoms with E-state index in [1.165, 1.54) is 43.6 Å². The Bertz CT molecular complexity index is 431. The number of nitrogens with zero attached hydrogens (tertiary/aromatic N) is 1. The molecule has 1 atom stereocenters. The van der Waals surface area contributed by atoms with Gasteiger partial charge >= 0.3 is 0 Å². The highest BCUT2D eigenvalue weighted by atomic mass is 35.5. The van der Waals surface area contributed by atoms with E-state index >= 15 is 0 Å². The molecule has 0 aromatic heterocycles. The van der Waals surface area contributed by atoms with E-state index < -0.39 is 0 Å². The number of anilines is 1. The monoisotopic (exact) mass is 294 g/mol. The molecular weight excluding hydrogens is 268 g/mol. The molecule has 0 amide bonds. The van der Waals surface area contributed by atoms with Crippen molar-refractivity contribution >= 4 is 17.3 Å². The summed E-state index contributed by atoms with van der Waals surface area (Å²) in [5, 5.41) is 4.30. The standard InChI is InChI=1S/C17H27ClN2/c1-4-5-14-8-9-20(12-14)16-7-6-15(17(18)10-16)11-19-13(2)3/h6-7,10,13-14,19H,4-5,8-9,11-12H2,1-3H3. The Balaban J connectivity index is 1.98. The van der Waals surface area contributed by atoms with Crippen LogP contribution < -0.4 is 10.2 Å². The lowest BCUT2D eigenvalue weighted by atomic mass is 10.0. The van der Waals surface area contributed by atoms with Gasteiger partial charge in [-0.25, -0.2) is 0 Å². The van der Waals surface area contributed by atoms with Crippen molar-refractivity contribution in [2.45, 2.75) is 52.6 Å². The molecular formula is C17H27ClN2. The van der Waals surface area contributed by atoms with Crippen molar-refractivity contribution in [2.75, 3.05) is 18.0 Å². The van der Waals surface area contributed by atoms with Crippen molar-refractivity contribution in [1.29, 1.82) is 0 Å². The minimum Gasteiger partial charge on any atom is -0.371 e. The van der Waals surface area contributed by atoms with E-state index in [4.69, 9.17) is 11.6 Å². The topological polar surface area (TPSA) is 15.3 Å². The van der Waals surface area contributed by atoms with Gasteiger partial charge in [0.25, 0.3) is 0 Å². The largest absolute Gasteiger partial charge is 0.371 e. The molecule has 112 valence electrons. The Hall–Kier alpha value is -0.730. The van der Waals surface area contributed by atoms with E-state index in [2.05, 4.69) is 49.2 Å². The Labute approximate surface area is 128 Å². The molecule has 1 aromatic carbocycles. The summed E-state index contributed by atoms with van der Waals surface area (Å²) in [5.41, 5.74) is 2.47. The highest BCUT2D eigenvalue weighted by molar-refractivity contribution is 6.31. The van der Waals surface area contributed by atoms with Crippen LogP contribution >= 0.6 is 11.6 Å². The maximum Gasteiger partial charge on any atom is 0.0471 e. The third-order valence-corrected chi connectivity index (χ3v) is 4.44. The molecule has 0 spiro atoms. The minimum atomic E-state index is 0.485. The van der Waals surface area contributed by atoms with Crippen molar-refractivity contribution in [1.82, 2.24) is 5.32 Å². The number of hydrogen-bond donors (Lipinski definition) is 1. The lowest BCUT2D eigenvalue weighted by Gasteiger charge is -2.20. The summed E-state index contributed by atoms with van der Waals surface area (Å²) >= 11 is 6.42. The molecule has 1 saturated heterocycles. The molecule has 20 heavy (non-hydrogen) atoms. The molecule has 1 unspecified atom stereocenters. The first kappa shape index (κ1) is 15.7. The van der Waals surface area contributed by atoms with Crippen LogP contribution in [-0.4, -0.2) is 19.1 Å². The SMILES string of the molecule is CCCC1CCN(c2ccc(CNC(C)C)c(Cl)c2)C1. The first-order chi connectivity index (χ1) is 9.60. The molecule has 0 radical (unpaired) electrons. The van der Waals surface area contributed by atoms with Gasteiger partial charge in [-0.05, 0) is 36.5 Å². The summed E-state index contributed by atoms with van der Waals surface area (Å²) in [6, 6.07) is 7.00. The van der Waals surface area contributed by atoms with Crippen LogP contribution in [0.25, 0.3) is 0 Å². The average Bonchev–Trinajstić information content (AvgIpc) is 2.86. The maximum absolute atomic E-state index is 6.42. The first-order valence-corrected chi connectivity index (χ1v) is 8.24. The summed E-state index contributed by atoms with van der Waals surface area (Å²) in [7, 11) is 0. The summed E-state index contributed by atoms with van der Waals surface area (Å²) in [6.45, 7) is 9.78. The van der Waals surface area contributed by atoms with Crippen molar-refractivity contribution < 1.29 is 0 Å². The molecule has 1 aliphatic rings. The van der Waals surface area contributed by atoms with Crippen LogP contribution in [0.3, 0.4) is 0 Å². The Kier molecular flexibility index (Phi) is 5.74. The van der Waals surface area contributed by atoms with Crippen LogP contribution in [0.5, 0.6) is 0 Å². The van der Waals surface area contributed by atoms with E-state index in [-0.39, 0.29) is 0 Å². The smallest absolute Gasteiger partial charge is 0.0471 e. The lowest BCUT2D eigenvalue weighted by molar-refractivity contribution is 0.530. The van der Waals surface area contributed by atoms with Crippen LogP contribution in [-0.2, 0) is 6.54 Å². The minimum absolute atomic E-state index is 0.485. The molecule has 1 aliphatic heterocycles. The van der Waals surface area contributed by atoms with Gasteiger partial charge in [0.2, 0.25) is 0 Å². The second-order valence-corrected chi connectivity index (χ2v) is 6.61. The lowest BCUT2D eigenvalue weighted by Crippen LogP contribution is -2.22. The van der Waals surface area contributed by atoms with E-state index in [0.29, 0.717) is 6.04 Å². The van der Waals surface area contributed by atoms with Gasteiger partial charge < -0.3 is 10.2 Å². The van der Waals surface area contributed by atoms with Crippen LogP contribution in [0.4, 0.5) is 5.69 Å². The van der Waals surface area contributed by atoms with Crippen molar-refractivity contribution in [3.63, 3.8) is 0 Å². The van der Waals surface area contributed by atoms with Crippen molar-refractivity contribution in [3.8, 4) is 0 Å². The number of rotatable bonds is 6. The van der Waals surface area contributed by atoms with Crippen LogP contribution in [0.2, 0.25) is 5.02 Å². The van der Waals surface area contributed by atoms with E-state index in [9.17, 15) is 0 Å². The maximum atomic E-state index is 6.42. The molecule has 2 rings (SSSR count). The van der Waals surface area contributed by atoms with E-state index in [0.717, 1.165) is 17.5 Å². The predicted octanol–water partition coefficient (Wildman–Crippen LogP) is 4.46. The Morgan fingerprint density at radius 3 is 2.85 bits per heavy atom. The molecule has 1 fully saturated rings. The quantitative estimate of drug-likeness (QED) is 0.833. The number of halogens is 1. The van der Waals surface area contributed by atoms with E-state index in [1.807, 2.05) is 0 Å². The second kappa shape index (κ2) is 7.33. The van der Waals surface area contributed by atoms with Crippen molar-refractivity contribution in [3.05, 3.63) is 28.8 Å². The molecule has 3 heteroatoms. The van der Waals surface area contributed by atoms with Crippen LogP contribution in [0.15, 0.2) is 18.2 Å². The molecule has 1 N–H and O–H groups in total. The Morgan fingerprint density at radius 2 is 2.20 bits per heavy atom. The molecule has 2 nitrogen and oxygen atoms in total. The fraction of sp³-hybridized carbons (Fsp3) is 0.647. The summed E-state index contributed by atoms with van der Waals surface area (Å²) in [5.74, 6) is 0.862. The van der Waals surface area contributed by atoms with Crippen LogP contribution in [0, 0.1) is 5.92 Å². The molecule has 0 bridgehead atoms. The zero-order valence-corrected chi connectivity index (χ0v) is 13.7. The van der Waals surface area contributed by atoms with Gasteiger partial charge in [-0.15, -0.1) is 0 Å². The zero-order chi connectivity index (χ0) is 14.5. The van der Waals surface area contributed by atoms with Gasteiger partial charge in [0.15, 0.2) is 0 Å². The van der Waals surface area contributed by atoms with Crippen LogP contribution in [0.1, 0.15) is 45.6 Å². The Morgan fingerprint density at radius 1 is 1.40 bits per heavy atom.